The van der Waals surface area contributed by atoms with Crippen molar-refractivity contribution in [1.29, 1.82) is 0 Å². The summed E-state index contributed by atoms with van der Waals surface area (Å²) >= 11 is 8.00. The van der Waals surface area contributed by atoms with Gasteiger partial charge in [0, 0.05) is 60.5 Å². The summed E-state index contributed by atoms with van der Waals surface area (Å²) in [7, 11) is 1.96. The molecule has 1 fully saturated rings. The van der Waals surface area contributed by atoms with Gasteiger partial charge in [0.25, 0.3) is 5.91 Å². The predicted octanol–water partition coefficient (Wildman–Crippen LogP) is 2.91. The van der Waals surface area contributed by atoms with E-state index in [1.165, 1.54) is 11.3 Å². The molecule has 0 spiro atoms. The summed E-state index contributed by atoms with van der Waals surface area (Å²) in [5.41, 5.74) is 4.19. The molecule has 0 radical (unpaired) electrons. The van der Waals surface area contributed by atoms with Crippen LogP contribution < -0.4 is 5.32 Å². The molecule has 4 rings (SSSR count). The third-order valence-corrected chi connectivity index (χ3v) is 6.62. The van der Waals surface area contributed by atoms with Crippen LogP contribution in [0.2, 0.25) is 5.02 Å². The van der Waals surface area contributed by atoms with Gasteiger partial charge < -0.3 is 10.2 Å². The lowest BCUT2D eigenvalue weighted by Gasteiger charge is -2.27. The molecule has 144 valence electrons. The Morgan fingerprint density at radius 1 is 1.37 bits per heavy atom. The van der Waals surface area contributed by atoms with E-state index < -0.39 is 0 Å². The van der Waals surface area contributed by atoms with Gasteiger partial charge in [-0.3, -0.25) is 9.48 Å². The van der Waals surface area contributed by atoms with Crippen molar-refractivity contribution in [3.05, 3.63) is 51.8 Å². The summed E-state index contributed by atoms with van der Waals surface area (Å²) in [5, 5.41) is 9.01. The maximum Gasteiger partial charge on any atom is 0.274 e. The average molecular weight is 405 g/mol. The van der Waals surface area contributed by atoms with Crippen LogP contribution in [0.5, 0.6) is 0 Å². The van der Waals surface area contributed by atoms with E-state index in [0.29, 0.717) is 11.7 Å². The summed E-state index contributed by atoms with van der Waals surface area (Å²) in [5.74, 6) is 2.14. The quantitative estimate of drug-likeness (QED) is 0.851. The Morgan fingerprint density at radius 2 is 2.19 bits per heavy atom. The minimum absolute atomic E-state index is 0.0997. The minimum Gasteiger partial charge on any atom is -0.336 e. The Bertz CT molecular complexity index is 831. The summed E-state index contributed by atoms with van der Waals surface area (Å²) < 4.78 is 1.91. The van der Waals surface area contributed by atoms with Gasteiger partial charge in [0.1, 0.15) is 0 Å². The molecule has 1 aliphatic heterocycles. The van der Waals surface area contributed by atoms with E-state index in [4.69, 9.17) is 11.6 Å². The van der Waals surface area contributed by atoms with Crippen LogP contribution in [-0.4, -0.2) is 51.2 Å². The molecule has 0 saturated carbocycles. The molecule has 1 saturated heterocycles. The van der Waals surface area contributed by atoms with Gasteiger partial charge in [-0.05, 0) is 37.0 Å². The second-order valence-electron chi connectivity index (χ2n) is 7.25. The largest absolute Gasteiger partial charge is 0.336 e. The number of rotatable bonds is 4. The standard InChI is InChI=1S/C20H25ClN4OS/c1-24-18-6-5-16(22-13-14-3-2-4-15(21)11-14)12-17(18)19(23-24)20(26)25-7-9-27-10-8-25/h2-4,11,16,22H,5-10,12-13H2,1H3. The first kappa shape index (κ1) is 18.8. The Morgan fingerprint density at radius 3 is 2.96 bits per heavy atom. The summed E-state index contributed by atoms with van der Waals surface area (Å²) in [6, 6.07) is 8.30. The highest BCUT2D eigenvalue weighted by atomic mass is 35.5. The number of carbonyl (C=O) groups is 1. The van der Waals surface area contributed by atoms with E-state index in [0.717, 1.165) is 61.0 Å². The number of fused-ring (bicyclic) bond motifs is 1. The fourth-order valence-electron chi connectivity index (χ4n) is 3.96. The van der Waals surface area contributed by atoms with Gasteiger partial charge >= 0.3 is 0 Å². The number of carbonyl (C=O) groups excluding carboxylic acids is 1. The summed E-state index contributed by atoms with van der Waals surface area (Å²) in [6.07, 6.45) is 2.86. The first-order valence-electron chi connectivity index (χ1n) is 9.51. The number of aromatic nitrogens is 2. The molecule has 0 bridgehead atoms. The molecule has 7 heteroatoms. The fourth-order valence-corrected chi connectivity index (χ4v) is 5.08. The van der Waals surface area contributed by atoms with Crippen LogP contribution >= 0.6 is 23.4 Å². The van der Waals surface area contributed by atoms with Crippen molar-refractivity contribution >= 4 is 29.3 Å². The third kappa shape index (κ3) is 4.18. The van der Waals surface area contributed by atoms with Crippen LogP contribution in [0.4, 0.5) is 0 Å². The maximum atomic E-state index is 13.0. The second kappa shape index (κ2) is 8.25. The monoisotopic (exact) mass is 404 g/mol. The molecular formula is C20H25ClN4OS. The normalized spacial score (nSPS) is 19.8. The molecule has 27 heavy (non-hydrogen) atoms. The summed E-state index contributed by atoms with van der Waals surface area (Å²) in [6.45, 7) is 2.43. The van der Waals surface area contributed by atoms with Crippen LogP contribution in [0, 0.1) is 0 Å². The van der Waals surface area contributed by atoms with Crippen molar-refractivity contribution in [2.45, 2.75) is 31.8 Å². The van der Waals surface area contributed by atoms with Crippen molar-refractivity contribution in [2.75, 3.05) is 24.6 Å². The molecular weight excluding hydrogens is 380 g/mol. The summed E-state index contributed by atoms with van der Waals surface area (Å²) in [4.78, 5) is 15.0. The zero-order valence-corrected chi connectivity index (χ0v) is 17.2. The average Bonchev–Trinajstić information content (AvgIpc) is 3.02. The SMILES string of the molecule is Cn1nc(C(=O)N2CCSCC2)c2c1CCC(NCc1cccc(Cl)c1)C2. The van der Waals surface area contributed by atoms with E-state index in [-0.39, 0.29) is 5.91 Å². The van der Waals surface area contributed by atoms with Crippen LogP contribution in [0.3, 0.4) is 0 Å². The molecule has 2 heterocycles. The van der Waals surface area contributed by atoms with Gasteiger partial charge in [0.2, 0.25) is 0 Å². The van der Waals surface area contributed by atoms with Gasteiger partial charge in [0.05, 0.1) is 0 Å². The third-order valence-electron chi connectivity index (χ3n) is 5.44. The van der Waals surface area contributed by atoms with E-state index in [1.807, 2.05) is 46.6 Å². The van der Waals surface area contributed by atoms with Crippen molar-refractivity contribution < 1.29 is 4.79 Å². The Balaban J connectivity index is 1.47. The number of nitrogens with one attached hydrogen (secondary N) is 1. The second-order valence-corrected chi connectivity index (χ2v) is 8.91. The predicted molar refractivity (Wildman–Crippen MR) is 111 cm³/mol. The lowest BCUT2D eigenvalue weighted by molar-refractivity contribution is 0.0764. The zero-order chi connectivity index (χ0) is 18.8. The number of nitrogens with zero attached hydrogens (tertiary/aromatic N) is 3. The van der Waals surface area contributed by atoms with Crippen LogP contribution in [0.15, 0.2) is 24.3 Å². The van der Waals surface area contributed by atoms with Crippen LogP contribution in [-0.2, 0) is 26.4 Å². The molecule has 1 aliphatic carbocycles. The first-order chi connectivity index (χ1) is 13.1. The Hall–Kier alpha value is -1.50. The minimum atomic E-state index is 0.0997. The number of amides is 1. The molecule has 1 atom stereocenters. The van der Waals surface area contributed by atoms with Crippen LogP contribution in [0.1, 0.15) is 33.7 Å². The Kier molecular flexibility index (Phi) is 5.76. The highest BCUT2D eigenvalue weighted by molar-refractivity contribution is 7.99. The molecule has 1 amide bonds. The molecule has 2 aliphatic rings. The molecule has 5 nitrogen and oxygen atoms in total. The molecule has 1 aromatic heterocycles. The molecule has 2 aromatic rings. The molecule has 1 unspecified atom stereocenters. The van der Waals surface area contributed by atoms with Crippen molar-refractivity contribution in [2.24, 2.45) is 7.05 Å². The first-order valence-corrected chi connectivity index (χ1v) is 11.0. The van der Waals surface area contributed by atoms with Gasteiger partial charge in [-0.1, -0.05) is 23.7 Å². The van der Waals surface area contributed by atoms with Gasteiger partial charge in [-0.25, -0.2) is 0 Å². The van der Waals surface area contributed by atoms with Gasteiger partial charge in [-0.15, -0.1) is 0 Å². The number of aryl methyl sites for hydroxylation is 1. The van der Waals surface area contributed by atoms with Crippen molar-refractivity contribution in [3.63, 3.8) is 0 Å². The van der Waals surface area contributed by atoms with E-state index in [2.05, 4.69) is 16.5 Å². The highest BCUT2D eigenvalue weighted by Gasteiger charge is 2.30. The lowest BCUT2D eigenvalue weighted by atomic mass is 9.91. The van der Waals surface area contributed by atoms with Crippen molar-refractivity contribution in [1.82, 2.24) is 20.0 Å². The fraction of sp³-hybridized carbons (Fsp3) is 0.500. The van der Waals surface area contributed by atoms with Gasteiger partial charge in [-0.2, -0.15) is 16.9 Å². The lowest BCUT2D eigenvalue weighted by Crippen LogP contribution is -2.39. The van der Waals surface area contributed by atoms with Crippen molar-refractivity contribution in [3.8, 4) is 0 Å². The topological polar surface area (TPSA) is 50.2 Å². The zero-order valence-electron chi connectivity index (χ0n) is 15.6. The molecule has 1 N–H and O–H groups in total. The molecule has 1 aromatic carbocycles. The number of thioether (sulfide) groups is 1. The number of hydrogen-bond donors (Lipinski definition) is 1. The number of halogens is 1. The Labute approximate surface area is 169 Å². The number of benzene rings is 1. The van der Waals surface area contributed by atoms with Crippen LogP contribution in [0.25, 0.3) is 0 Å². The van der Waals surface area contributed by atoms with Gasteiger partial charge in [0.15, 0.2) is 5.69 Å². The van der Waals surface area contributed by atoms with E-state index in [9.17, 15) is 4.79 Å². The van der Waals surface area contributed by atoms with E-state index >= 15 is 0 Å². The highest BCUT2D eigenvalue weighted by Crippen LogP contribution is 2.26. The number of hydrogen-bond acceptors (Lipinski definition) is 4. The van der Waals surface area contributed by atoms with E-state index in [1.54, 1.807) is 0 Å². The maximum absolute atomic E-state index is 13.0. The smallest absolute Gasteiger partial charge is 0.274 e.